The van der Waals surface area contributed by atoms with E-state index in [1.807, 2.05) is 37.3 Å². The predicted molar refractivity (Wildman–Crippen MR) is 83.7 cm³/mol. The second-order valence-electron chi connectivity index (χ2n) is 4.74. The van der Waals surface area contributed by atoms with Crippen LogP contribution in [0.4, 0.5) is 0 Å². The largest absolute Gasteiger partial charge is 0.494 e. The van der Waals surface area contributed by atoms with Crippen LogP contribution >= 0.6 is 0 Å². The van der Waals surface area contributed by atoms with Gasteiger partial charge in [0.05, 0.1) is 12.3 Å². The first-order valence-electron chi connectivity index (χ1n) is 7.19. The molecule has 0 aliphatic carbocycles. The van der Waals surface area contributed by atoms with Crippen LogP contribution in [0.2, 0.25) is 0 Å². The fourth-order valence-corrected chi connectivity index (χ4v) is 2.25. The van der Waals surface area contributed by atoms with Crippen LogP contribution in [0.3, 0.4) is 0 Å². The normalized spacial score (nSPS) is 10.2. The maximum Gasteiger partial charge on any atom is 0.268 e. The van der Waals surface area contributed by atoms with Gasteiger partial charge in [-0.3, -0.25) is 4.79 Å². The Morgan fingerprint density at radius 2 is 1.95 bits per heavy atom. The number of hydrogen-bond acceptors (Lipinski definition) is 4. The zero-order chi connectivity index (χ0) is 15.9. The Labute approximate surface area is 129 Å². The number of aromatic nitrogens is 1. The van der Waals surface area contributed by atoms with Gasteiger partial charge in [0.15, 0.2) is 0 Å². The third kappa shape index (κ3) is 3.35. The van der Waals surface area contributed by atoms with E-state index in [-0.39, 0.29) is 17.7 Å². The molecule has 1 aromatic heterocycles. The average Bonchev–Trinajstić information content (AvgIpc) is 2.54. The van der Waals surface area contributed by atoms with Crippen LogP contribution in [0.1, 0.15) is 18.9 Å². The molecule has 0 aliphatic rings. The number of aliphatic hydroxyl groups excluding tert-OH is 1. The molecule has 0 unspecified atom stereocenters. The Hall–Kier alpha value is -2.58. The number of benzene rings is 1. The molecular weight excluding hydrogens is 280 g/mol. The highest BCUT2D eigenvalue weighted by molar-refractivity contribution is 5.61. The fraction of sp³-hybridized carbons (Fsp3) is 0.294. The third-order valence-corrected chi connectivity index (χ3v) is 3.30. The number of nitrogens with zero attached hydrogens (tertiary/aromatic N) is 2. The molecule has 0 bridgehead atoms. The Bertz CT molecular complexity index is 727. The number of nitriles is 1. The van der Waals surface area contributed by atoms with Gasteiger partial charge in [0, 0.05) is 13.2 Å². The molecule has 0 saturated carbocycles. The van der Waals surface area contributed by atoms with Crippen molar-refractivity contribution in [2.24, 2.45) is 0 Å². The average molecular weight is 298 g/mol. The van der Waals surface area contributed by atoms with E-state index in [1.54, 1.807) is 6.07 Å². The van der Waals surface area contributed by atoms with Gasteiger partial charge in [-0.1, -0.05) is 0 Å². The van der Waals surface area contributed by atoms with E-state index in [1.165, 1.54) is 10.6 Å². The highest BCUT2D eigenvalue weighted by Gasteiger charge is 2.10. The molecule has 0 radical (unpaired) electrons. The molecule has 0 aliphatic heterocycles. The topological polar surface area (TPSA) is 75.2 Å². The molecule has 5 heteroatoms. The SMILES string of the molecule is CCOc1ccc(-c2ccc(C#N)c(=O)n2CCCO)cc1. The van der Waals surface area contributed by atoms with Gasteiger partial charge in [0.2, 0.25) is 0 Å². The van der Waals surface area contributed by atoms with Crippen molar-refractivity contribution in [2.75, 3.05) is 13.2 Å². The molecule has 1 heterocycles. The van der Waals surface area contributed by atoms with Crippen molar-refractivity contribution in [1.29, 1.82) is 5.26 Å². The summed E-state index contributed by atoms with van der Waals surface area (Å²) in [6, 6.07) is 12.6. The van der Waals surface area contributed by atoms with Crippen molar-refractivity contribution in [1.82, 2.24) is 4.57 Å². The molecule has 5 nitrogen and oxygen atoms in total. The van der Waals surface area contributed by atoms with Crippen LogP contribution in [0.25, 0.3) is 11.3 Å². The van der Waals surface area contributed by atoms with Crippen LogP contribution in [-0.2, 0) is 6.54 Å². The fourth-order valence-electron chi connectivity index (χ4n) is 2.25. The maximum absolute atomic E-state index is 12.3. The number of ether oxygens (including phenoxy) is 1. The van der Waals surface area contributed by atoms with Crippen molar-refractivity contribution in [3.05, 3.63) is 52.3 Å². The molecule has 0 fully saturated rings. The van der Waals surface area contributed by atoms with Gasteiger partial charge in [-0.25, -0.2) is 0 Å². The van der Waals surface area contributed by atoms with Gasteiger partial charge < -0.3 is 14.4 Å². The zero-order valence-electron chi connectivity index (χ0n) is 12.5. The lowest BCUT2D eigenvalue weighted by Gasteiger charge is -2.13. The summed E-state index contributed by atoms with van der Waals surface area (Å²) < 4.78 is 6.94. The number of rotatable bonds is 6. The Morgan fingerprint density at radius 3 is 2.55 bits per heavy atom. The van der Waals surface area contributed by atoms with E-state index in [4.69, 9.17) is 15.1 Å². The zero-order valence-corrected chi connectivity index (χ0v) is 12.5. The second-order valence-corrected chi connectivity index (χ2v) is 4.74. The van der Waals surface area contributed by atoms with Crippen LogP contribution in [-0.4, -0.2) is 22.9 Å². The molecule has 1 aromatic carbocycles. The van der Waals surface area contributed by atoms with E-state index in [9.17, 15) is 4.79 Å². The lowest BCUT2D eigenvalue weighted by molar-refractivity contribution is 0.279. The summed E-state index contributed by atoms with van der Waals surface area (Å²) in [5.74, 6) is 0.768. The molecule has 0 saturated heterocycles. The van der Waals surface area contributed by atoms with E-state index in [2.05, 4.69) is 0 Å². The van der Waals surface area contributed by atoms with E-state index in [0.717, 1.165) is 17.0 Å². The van der Waals surface area contributed by atoms with Crippen LogP contribution in [0.15, 0.2) is 41.2 Å². The first kappa shape index (κ1) is 15.8. The minimum absolute atomic E-state index is 0.00800. The van der Waals surface area contributed by atoms with Gasteiger partial charge in [0.25, 0.3) is 5.56 Å². The smallest absolute Gasteiger partial charge is 0.268 e. The van der Waals surface area contributed by atoms with Crippen molar-refractivity contribution >= 4 is 0 Å². The Kier molecular flexibility index (Phi) is 5.34. The quantitative estimate of drug-likeness (QED) is 0.887. The first-order chi connectivity index (χ1) is 10.7. The first-order valence-corrected chi connectivity index (χ1v) is 7.19. The molecule has 22 heavy (non-hydrogen) atoms. The summed E-state index contributed by atoms with van der Waals surface area (Å²) in [5.41, 5.74) is 1.36. The molecule has 2 aromatic rings. The summed E-state index contributed by atoms with van der Waals surface area (Å²) in [6.45, 7) is 2.87. The Balaban J connectivity index is 2.47. The predicted octanol–water partition coefficient (Wildman–Crippen LogP) is 2.17. The third-order valence-electron chi connectivity index (χ3n) is 3.30. The number of aliphatic hydroxyl groups is 1. The summed E-state index contributed by atoms with van der Waals surface area (Å²) in [6.07, 6.45) is 0.457. The maximum atomic E-state index is 12.3. The van der Waals surface area contributed by atoms with Gasteiger partial charge >= 0.3 is 0 Å². The van der Waals surface area contributed by atoms with Gasteiger partial charge in [-0.05, 0) is 55.3 Å². The summed E-state index contributed by atoms with van der Waals surface area (Å²) >= 11 is 0. The highest BCUT2D eigenvalue weighted by atomic mass is 16.5. The molecule has 114 valence electrons. The van der Waals surface area contributed by atoms with Crippen molar-refractivity contribution < 1.29 is 9.84 Å². The lowest BCUT2D eigenvalue weighted by atomic mass is 10.1. The van der Waals surface area contributed by atoms with Crippen LogP contribution in [0.5, 0.6) is 5.75 Å². The molecule has 1 N–H and O–H groups in total. The van der Waals surface area contributed by atoms with Gasteiger partial charge in [-0.15, -0.1) is 0 Å². The van der Waals surface area contributed by atoms with Gasteiger partial charge in [-0.2, -0.15) is 5.26 Å². The second kappa shape index (κ2) is 7.43. The number of hydrogen-bond donors (Lipinski definition) is 1. The Morgan fingerprint density at radius 1 is 1.23 bits per heavy atom. The molecule has 0 spiro atoms. The van der Waals surface area contributed by atoms with Crippen molar-refractivity contribution in [2.45, 2.75) is 19.9 Å². The van der Waals surface area contributed by atoms with Crippen molar-refractivity contribution in [3.63, 3.8) is 0 Å². The summed E-state index contributed by atoms with van der Waals surface area (Å²) in [4.78, 5) is 12.3. The molecule has 2 rings (SSSR count). The minimum atomic E-state index is -0.331. The molecule has 0 atom stereocenters. The lowest BCUT2D eigenvalue weighted by Crippen LogP contribution is -2.24. The van der Waals surface area contributed by atoms with Crippen molar-refractivity contribution in [3.8, 4) is 23.1 Å². The molecular formula is C17H18N2O3. The highest BCUT2D eigenvalue weighted by Crippen LogP contribution is 2.22. The number of pyridine rings is 1. The minimum Gasteiger partial charge on any atom is -0.494 e. The van der Waals surface area contributed by atoms with E-state index < -0.39 is 0 Å². The standard InChI is InChI=1S/C17H18N2O3/c1-2-22-15-7-4-13(5-8-15)16-9-6-14(12-18)17(21)19(16)10-3-11-20/h4-9,20H,2-3,10-11H2,1H3. The summed E-state index contributed by atoms with van der Waals surface area (Å²) in [5, 5.41) is 18.0. The van der Waals surface area contributed by atoms with E-state index in [0.29, 0.717) is 19.6 Å². The van der Waals surface area contributed by atoms with E-state index >= 15 is 0 Å². The van der Waals surface area contributed by atoms with Crippen LogP contribution in [0, 0.1) is 11.3 Å². The monoisotopic (exact) mass is 298 g/mol. The van der Waals surface area contributed by atoms with Crippen LogP contribution < -0.4 is 10.3 Å². The summed E-state index contributed by atoms with van der Waals surface area (Å²) in [7, 11) is 0. The molecule has 0 amide bonds. The van der Waals surface area contributed by atoms with Gasteiger partial charge in [0.1, 0.15) is 17.4 Å².